The van der Waals surface area contributed by atoms with Gasteiger partial charge in [0.25, 0.3) is 0 Å². The lowest BCUT2D eigenvalue weighted by Gasteiger charge is -2.29. The lowest BCUT2D eigenvalue weighted by Crippen LogP contribution is -2.22. The molecule has 0 amide bonds. The van der Waals surface area contributed by atoms with E-state index in [4.69, 9.17) is 0 Å². The number of nitrogens with zero attached hydrogens (tertiary/aromatic N) is 2. The van der Waals surface area contributed by atoms with Gasteiger partial charge >= 0.3 is 0 Å². The third kappa shape index (κ3) is 5.45. The number of benzene rings is 11. The van der Waals surface area contributed by atoms with E-state index in [1.807, 2.05) is 0 Å². The zero-order chi connectivity index (χ0) is 48.3. The van der Waals surface area contributed by atoms with Crippen LogP contribution in [0.15, 0.2) is 218 Å². The van der Waals surface area contributed by atoms with Gasteiger partial charge in [-0.3, -0.25) is 0 Å². The van der Waals surface area contributed by atoms with Crippen LogP contribution >= 0.6 is 0 Å². The van der Waals surface area contributed by atoms with Crippen LogP contribution in [0.5, 0.6) is 0 Å². The lowest BCUT2D eigenvalue weighted by molar-refractivity contribution is 0.544. The Hall–Kier alpha value is -8.46. The van der Waals surface area contributed by atoms with E-state index in [1.54, 1.807) is 22.3 Å². The van der Waals surface area contributed by atoms with Gasteiger partial charge in [0, 0.05) is 43.1 Å². The van der Waals surface area contributed by atoms with Gasteiger partial charge in [-0.25, -0.2) is 0 Å². The number of hydrogen-bond donors (Lipinski definition) is 0. The summed E-state index contributed by atoms with van der Waals surface area (Å²) >= 11 is 0. The van der Waals surface area contributed by atoms with Crippen molar-refractivity contribution in [2.75, 3.05) is 0 Å². The molecule has 74 heavy (non-hydrogen) atoms. The summed E-state index contributed by atoms with van der Waals surface area (Å²) in [6.45, 7) is 0. The van der Waals surface area contributed by atoms with E-state index in [2.05, 4.69) is 228 Å². The largest absolute Gasteiger partial charge is 0.309 e. The van der Waals surface area contributed by atoms with Crippen LogP contribution in [0.2, 0.25) is 0 Å². The van der Waals surface area contributed by atoms with Crippen LogP contribution in [0.4, 0.5) is 0 Å². The first-order valence-electron chi connectivity index (χ1n) is 27.2. The van der Waals surface area contributed by atoms with Crippen molar-refractivity contribution in [1.29, 1.82) is 0 Å². The summed E-state index contributed by atoms with van der Waals surface area (Å²) in [5.74, 6) is 0. The van der Waals surface area contributed by atoms with E-state index in [9.17, 15) is 0 Å². The van der Waals surface area contributed by atoms with Gasteiger partial charge in [0.1, 0.15) is 0 Å². The van der Waals surface area contributed by atoms with Crippen LogP contribution in [0.3, 0.4) is 0 Å². The minimum atomic E-state index is 0.0381. The predicted molar refractivity (Wildman–Crippen MR) is 310 cm³/mol. The third-order valence-corrected chi connectivity index (χ3v) is 18.8. The molecule has 4 aliphatic carbocycles. The number of para-hydroxylation sites is 2. The van der Waals surface area contributed by atoms with Crippen LogP contribution in [0, 0.1) is 0 Å². The Bertz CT molecular complexity index is 4260. The van der Waals surface area contributed by atoms with Gasteiger partial charge in [-0.15, -0.1) is 0 Å². The molecule has 0 atom stereocenters. The minimum Gasteiger partial charge on any atom is -0.309 e. The maximum absolute atomic E-state index is 2.71. The van der Waals surface area contributed by atoms with Crippen LogP contribution in [0.1, 0.15) is 73.6 Å². The van der Waals surface area contributed by atoms with Crippen LogP contribution in [-0.2, 0) is 10.8 Å². The summed E-state index contributed by atoms with van der Waals surface area (Å²) in [4.78, 5) is 0. The molecule has 350 valence electrons. The molecule has 2 heteroatoms. The van der Waals surface area contributed by atoms with Gasteiger partial charge in [0.2, 0.25) is 0 Å². The van der Waals surface area contributed by atoms with Crippen molar-refractivity contribution in [2.24, 2.45) is 0 Å². The summed E-state index contributed by atoms with van der Waals surface area (Å²) in [7, 11) is 0. The van der Waals surface area contributed by atoms with Gasteiger partial charge < -0.3 is 9.13 Å². The second-order valence-electron chi connectivity index (χ2n) is 22.2. The number of fused-ring (bicyclic) bond motifs is 18. The molecule has 13 aromatic rings. The van der Waals surface area contributed by atoms with E-state index in [1.165, 1.54) is 172 Å². The molecule has 0 aliphatic heterocycles. The molecular formula is C72H52N2. The number of rotatable bonds is 4. The first kappa shape index (κ1) is 41.1. The molecule has 2 saturated carbocycles. The maximum atomic E-state index is 2.71. The van der Waals surface area contributed by atoms with Crippen molar-refractivity contribution in [1.82, 2.24) is 9.13 Å². The highest BCUT2D eigenvalue weighted by atomic mass is 15.0. The smallest absolute Gasteiger partial charge is 0.0541 e. The molecule has 2 aromatic heterocycles. The third-order valence-electron chi connectivity index (χ3n) is 18.8. The summed E-state index contributed by atoms with van der Waals surface area (Å²) in [6.07, 6.45) is 9.94. The molecule has 0 radical (unpaired) electrons. The molecule has 2 fully saturated rings. The number of aromatic nitrogens is 2. The van der Waals surface area contributed by atoms with Crippen molar-refractivity contribution in [3.05, 3.63) is 241 Å². The van der Waals surface area contributed by atoms with Crippen molar-refractivity contribution >= 4 is 65.2 Å². The molecule has 4 aliphatic rings. The second-order valence-corrected chi connectivity index (χ2v) is 22.2. The minimum absolute atomic E-state index is 0.0381. The van der Waals surface area contributed by atoms with Crippen LogP contribution in [0.25, 0.3) is 121 Å². The molecule has 0 bridgehead atoms. The fourth-order valence-corrected chi connectivity index (χ4v) is 15.5. The maximum Gasteiger partial charge on any atom is 0.0541 e. The highest BCUT2D eigenvalue weighted by molar-refractivity contribution is 6.13. The summed E-state index contributed by atoms with van der Waals surface area (Å²) in [5.41, 5.74) is 24.9. The van der Waals surface area contributed by atoms with E-state index < -0.39 is 0 Å². The first-order chi connectivity index (χ1) is 36.6. The van der Waals surface area contributed by atoms with Gasteiger partial charge in [0.05, 0.1) is 33.4 Å². The Balaban J connectivity index is 0.776. The Morgan fingerprint density at radius 1 is 0.257 bits per heavy atom. The molecule has 11 aromatic carbocycles. The zero-order valence-corrected chi connectivity index (χ0v) is 41.3. The topological polar surface area (TPSA) is 9.86 Å². The summed E-state index contributed by atoms with van der Waals surface area (Å²) < 4.78 is 4.96. The quantitative estimate of drug-likeness (QED) is 0.166. The Kier molecular flexibility index (Phi) is 8.36. The molecule has 2 spiro atoms. The SMILES string of the molecule is c1ccc2c(-n3c4ccccc4c4cc(-c5ccc6c(c5)C5(CCCC5)c5cc7c(cc5-6)C5(CCCC5)c5cc(-c6ccc8c(c6)c6ccccc6n8-c6cccc8ccccc68)ccc5-7)ccc43)cccc2c1. The van der Waals surface area contributed by atoms with Gasteiger partial charge in [-0.1, -0.05) is 171 Å². The highest BCUT2D eigenvalue weighted by Crippen LogP contribution is 2.63. The first-order valence-corrected chi connectivity index (χ1v) is 27.2. The van der Waals surface area contributed by atoms with Crippen LogP contribution < -0.4 is 0 Å². The standard InChI is InChI=1S/C72H52N2/c1-3-19-51-45(15-1)17-13-25-65(51)73-67-23-7-5-21-55(67)59-39-47(29-33-69(59)73)49-27-31-53-57-43-64-58(44-63(57)71(61(53)41-49)35-9-10-36-71)54-32-28-50(42-62(54)72(64)37-11-12-38-72)48-30-34-70-60(40-48)56-22-6-8-24-68(56)74(70)66-26-14-18-46-16-2-4-20-52(46)66/h1-8,13-34,39-44H,9-12,35-38H2. The van der Waals surface area contributed by atoms with E-state index in [-0.39, 0.29) is 10.8 Å². The van der Waals surface area contributed by atoms with E-state index in [0.717, 1.165) is 0 Å². The fraction of sp³-hybridized carbons (Fsp3) is 0.139. The number of hydrogen-bond acceptors (Lipinski definition) is 0. The molecule has 0 N–H and O–H groups in total. The van der Waals surface area contributed by atoms with E-state index >= 15 is 0 Å². The van der Waals surface area contributed by atoms with E-state index in [0.29, 0.717) is 0 Å². The molecular weight excluding hydrogens is 893 g/mol. The monoisotopic (exact) mass is 944 g/mol. The Morgan fingerprint density at radius 2 is 0.608 bits per heavy atom. The van der Waals surface area contributed by atoms with Crippen LogP contribution in [-0.4, -0.2) is 9.13 Å². The van der Waals surface area contributed by atoms with Crippen molar-refractivity contribution in [3.63, 3.8) is 0 Å². The molecule has 0 unspecified atom stereocenters. The Morgan fingerprint density at radius 3 is 1.07 bits per heavy atom. The lowest BCUT2D eigenvalue weighted by atomic mass is 9.74. The molecule has 0 saturated heterocycles. The molecule has 17 rings (SSSR count). The predicted octanol–water partition coefficient (Wildman–Crippen LogP) is 19.2. The fourth-order valence-electron chi connectivity index (χ4n) is 15.5. The molecule has 2 nitrogen and oxygen atoms in total. The molecule has 2 heterocycles. The summed E-state index contributed by atoms with van der Waals surface area (Å²) in [5, 5.41) is 10.3. The van der Waals surface area contributed by atoms with Crippen molar-refractivity contribution in [3.8, 4) is 55.9 Å². The Labute approximate surface area is 430 Å². The van der Waals surface area contributed by atoms with Gasteiger partial charge in [0.15, 0.2) is 0 Å². The van der Waals surface area contributed by atoms with Gasteiger partial charge in [-0.05, 0) is 176 Å². The average molecular weight is 945 g/mol. The highest BCUT2D eigenvalue weighted by Gasteiger charge is 2.50. The van der Waals surface area contributed by atoms with Gasteiger partial charge in [-0.2, -0.15) is 0 Å². The van der Waals surface area contributed by atoms with Crippen molar-refractivity contribution in [2.45, 2.75) is 62.2 Å². The van der Waals surface area contributed by atoms with Crippen molar-refractivity contribution < 1.29 is 0 Å². The zero-order valence-electron chi connectivity index (χ0n) is 41.3. The average Bonchev–Trinajstić information content (AvgIpc) is 4.40. The second kappa shape index (κ2) is 15.1. The summed E-state index contributed by atoms with van der Waals surface area (Å²) in [6, 6.07) is 83.8. The normalized spacial score (nSPS) is 15.9.